The minimum atomic E-state index is -1.30. The third-order valence-corrected chi connectivity index (χ3v) is 5.63. The number of benzene rings is 2. The van der Waals surface area contributed by atoms with Gasteiger partial charge in [0.1, 0.15) is 12.6 Å². The number of carbonyl (C=O) groups is 3. The quantitative estimate of drug-likeness (QED) is 0.538. The number of nitrogens with one attached hydrogen (secondary N) is 2. The Morgan fingerprint density at radius 1 is 1.09 bits per heavy atom. The van der Waals surface area contributed by atoms with Crippen LogP contribution in [0, 0.1) is 16.7 Å². The number of carbonyl (C=O) groups excluding carboxylic acids is 2. The Hall–Kier alpha value is -3.86. The molecule has 2 aromatic carbocycles. The van der Waals surface area contributed by atoms with Gasteiger partial charge < -0.3 is 20.5 Å². The first-order chi connectivity index (χ1) is 15.7. The molecule has 172 valence electrons. The summed E-state index contributed by atoms with van der Waals surface area (Å²) in [5.41, 5.74) is 3.79. The van der Waals surface area contributed by atoms with Crippen LogP contribution in [0.3, 0.4) is 0 Å². The fourth-order valence-electron chi connectivity index (χ4n) is 3.89. The monoisotopic (exact) mass is 449 g/mol. The van der Waals surface area contributed by atoms with E-state index in [0.29, 0.717) is 0 Å². The summed E-state index contributed by atoms with van der Waals surface area (Å²) in [6.45, 7) is 3.84. The van der Waals surface area contributed by atoms with Gasteiger partial charge in [0.2, 0.25) is 5.91 Å². The van der Waals surface area contributed by atoms with Crippen molar-refractivity contribution in [2.45, 2.75) is 38.6 Å². The molecule has 0 aliphatic heterocycles. The molecule has 1 atom stereocenters. The van der Waals surface area contributed by atoms with Crippen LogP contribution in [-0.4, -0.2) is 42.3 Å². The van der Waals surface area contributed by atoms with Crippen LogP contribution in [0.4, 0.5) is 4.79 Å². The Labute approximate surface area is 192 Å². The summed E-state index contributed by atoms with van der Waals surface area (Å²) in [5.74, 6) is -2.02. The van der Waals surface area contributed by atoms with Crippen molar-refractivity contribution < 1.29 is 24.2 Å². The summed E-state index contributed by atoms with van der Waals surface area (Å²) in [5, 5.41) is 23.0. The molecular formula is C25H27N3O5. The van der Waals surface area contributed by atoms with Crippen molar-refractivity contribution >= 4 is 18.0 Å². The highest BCUT2D eigenvalue weighted by Gasteiger charge is 2.30. The van der Waals surface area contributed by atoms with Gasteiger partial charge in [-0.15, -0.1) is 0 Å². The van der Waals surface area contributed by atoms with E-state index in [1.165, 1.54) is 0 Å². The van der Waals surface area contributed by atoms with Crippen LogP contribution in [0.2, 0.25) is 0 Å². The van der Waals surface area contributed by atoms with Crippen molar-refractivity contribution in [3.63, 3.8) is 0 Å². The molecule has 33 heavy (non-hydrogen) atoms. The van der Waals surface area contributed by atoms with Crippen molar-refractivity contribution in [2.24, 2.45) is 5.41 Å². The standard InChI is InChI=1S/C25H27N3O5/c1-25(2,11-12-26)15-27-23(31)21(13-22(29)30)28-24(32)33-14-20-18-9-5-3-7-16(18)17-8-4-6-10-19(17)20/h3-10,20-21H,11,13-15H2,1-2H3,(H,27,31)(H,28,32)(H,29,30). The molecule has 0 heterocycles. The lowest BCUT2D eigenvalue weighted by molar-refractivity contribution is -0.139. The van der Waals surface area contributed by atoms with Gasteiger partial charge in [0, 0.05) is 18.9 Å². The van der Waals surface area contributed by atoms with Crippen LogP contribution in [-0.2, 0) is 14.3 Å². The zero-order valence-corrected chi connectivity index (χ0v) is 18.6. The summed E-state index contributed by atoms with van der Waals surface area (Å²) in [6.07, 6.45) is -1.24. The van der Waals surface area contributed by atoms with Gasteiger partial charge in [-0.05, 0) is 27.7 Å². The molecule has 0 aromatic heterocycles. The molecule has 3 N–H and O–H groups in total. The SMILES string of the molecule is CC(C)(CC#N)CNC(=O)C(CC(=O)O)NC(=O)OCC1c2ccccc2-c2ccccc21. The molecule has 3 rings (SSSR count). The van der Waals surface area contributed by atoms with Crippen LogP contribution in [0.25, 0.3) is 11.1 Å². The molecule has 2 amide bonds. The number of ether oxygens (including phenoxy) is 1. The zero-order valence-electron chi connectivity index (χ0n) is 18.6. The van der Waals surface area contributed by atoms with E-state index in [0.717, 1.165) is 22.3 Å². The average molecular weight is 450 g/mol. The van der Waals surface area contributed by atoms with Crippen molar-refractivity contribution in [1.82, 2.24) is 10.6 Å². The second kappa shape index (κ2) is 10.2. The molecule has 8 heteroatoms. The number of amides is 2. The Balaban J connectivity index is 1.63. The Morgan fingerprint density at radius 2 is 1.67 bits per heavy atom. The molecule has 1 aliphatic rings. The van der Waals surface area contributed by atoms with Crippen LogP contribution in [0.15, 0.2) is 48.5 Å². The first kappa shape index (κ1) is 23.8. The molecule has 1 aliphatic carbocycles. The molecule has 0 saturated heterocycles. The smallest absolute Gasteiger partial charge is 0.407 e. The molecule has 1 unspecified atom stereocenters. The Kier molecular flexibility index (Phi) is 7.34. The molecule has 2 aromatic rings. The number of hydrogen-bond acceptors (Lipinski definition) is 5. The summed E-state index contributed by atoms with van der Waals surface area (Å²) in [7, 11) is 0. The minimum absolute atomic E-state index is 0.0521. The van der Waals surface area contributed by atoms with Gasteiger partial charge in [-0.2, -0.15) is 5.26 Å². The van der Waals surface area contributed by atoms with Gasteiger partial charge in [-0.3, -0.25) is 9.59 Å². The number of fused-ring (bicyclic) bond motifs is 3. The lowest BCUT2D eigenvalue weighted by Gasteiger charge is -2.24. The van der Waals surface area contributed by atoms with Crippen LogP contribution < -0.4 is 10.6 Å². The van der Waals surface area contributed by atoms with E-state index in [9.17, 15) is 14.4 Å². The predicted octanol–water partition coefficient (Wildman–Crippen LogP) is 3.42. The van der Waals surface area contributed by atoms with E-state index < -0.39 is 35.8 Å². The molecule has 0 saturated carbocycles. The van der Waals surface area contributed by atoms with Gasteiger partial charge >= 0.3 is 12.1 Å². The van der Waals surface area contributed by atoms with E-state index >= 15 is 0 Å². The third kappa shape index (κ3) is 5.89. The predicted molar refractivity (Wildman–Crippen MR) is 121 cm³/mol. The van der Waals surface area contributed by atoms with E-state index in [4.69, 9.17) is 15.1 Å². The van der Waals surface area contributed by atoms with E-state index in [2.05, 4.69) is 10.6 Å². The highest BCUT2D eigenvalue weighted by Crippen LogP contribution is 2.44. The summed E-state index contributed by atoms with van der Waals surface area (Å²) in [4.78, 5) is 36.2. The molecule has 0 radical (unpaired) electrons. The minimum Gasteiger partial charge on any atom is -0.481 e. The summed E-state index contributed by atoms with van der Waals surface area (Å²) in [6, 6.07) is 16.6. The topological polar surface area (TPSA) is 129 Å². The highest BCUT2D eigenvalue weighted by molar-refractivity contribution is 5.89. The first-order valence-electron chi connectivity index (χ1n) is 10.7. The number of aliphatic carboxylic acids is 1. The van der Waals surface area contributed by atoms with Gasteiger partial charge in [0.15, 0.2) is 0 Å². The van der Waals surface area contributed by atoms with Crippen molar-refractivity contribution in [3.8, 4) is 17.2 Å². The lowest BCUT2D eigenvalue weighted by atomic mass is 9.90. The number of carboxylic acid groups (broad SMARTS) is 1. The largest absolute Gasteiger partial charge is 0.481 e. The number of carboxylic acids is 1. The second-order valence-electron chi connectivity index (χ2n) is 8.84. The molecule has 0 spiro atoms. The molecule has 0 fully saturated rings. The Morgan fingerprint density at radius 3 is 2.21 bits per heavy atom. The number of nitrogens with zero attached hydrogens (tertiary/aromatic N) is 1. The summed E-state index contributed by atoms with van der Waals surface area (Å²) >= 11 is 0. The van der Waals surface area contributed by atoms with Gasteiger partial charge in [0.25, 0.3) is 0 Å². The van der Waals surface area contributed by atoms with Crippen molar-refractivity contribution in [1.29, 1.82) is 5.26 Å². The fraction of sp³-hybridized carbons (Fsp3) is 0.360. The molecule has 0 bridgehead atoms. The maximum absolute atomic E-state index is 12.5. The van der Waals surface area contributed by atoms with Crippen LogP contribution in [0.1, 0.15) is 43.7 Å². The Bertz CT molecular complexity index is 1040. The van der Waals surface area contributed by atoms with Gasteiger partial charge in [-0.25, -0.2) is 4.79 Å². The maximum atomic E-state index is 12.5. The van der Waals surface area contributed by atoms with Gasteiger partial charge in [-0.1, -0.05) is 62.4 Å². The van der Waals surface area contributed by atoms with Crippen molar-refractivity contribution in [2.75, 3.05) is 13.2 Å². The zero-order chi connectivity index (χ0) is 24.0. The van der Waals surface area contributed by atoms with E-state index in [-0.39, 0.29) is 25.5 Å². The number of rotatable bonds is 9. The van der Waals surface area contributed by atoms with Crippen LogP contribution in [0.5, 0.6) is 0 Å². The van der Waals surface area contributed by atoms with Gasteiger partial charge in [0.05, 0.1) is 12.5 Å². The lowest BCUT2D eigenvalue weighted by Crippen LogP contribution is -2.49. The first-order valence-corrected chi connectivity index (χ1v) is 10.7. The average Bonchev–Trinajstić information content (AvgIpc) is 3.09. The van der Waals surface area contributed by atoms with Crippen LogP contribution >= 0.6 is 0 Å². The summed E-state index contributed by atoms with van der Waals surface area (Å²) < 4.78 is 5.42. The van der Waals surface area contributed by atoms with E-state index in [1.54, 1.807) is 0 Å². The number of hydrogen-bond donors (Lipinski definition) is 3. The third-order valence-electron chi connectivity index (χ3n) is 5.63. The number of alkyl carbamates (subject to hydrolysis) is 1. The maximum Gasteiger partial charge on any atom is 0.407 e. The highest BCUT2D eigenvalue weighted by atomic mass is 16.5. The van der Waals surface area contributed by atoms with E-state index in [1.807, 2.05) is 68.4 Å². The number of nitriles is 1. The molecule has 8 nitrogen and oxygen atoms in total. The fourth-order valence-corrected chi connectivity index (χ4v) is 3.89. The normalized spacial score (nSPS) is 13.2. The second-order valence-corrected chi connectivity index (χ2v) is 8.84. The van der Waals surface area contributed by atoms with Crippen molar-refractivity contribution in [3.05, 3.63) is 59.7 Å². The molecular weight excluding hydrogens is 422 g/mol.